The SMILES string of the molecule is CC(C)(NC(=O)c1cccc2c1OCCNC2)c1ccc(Cl)c(Cl)c1. The first kappa shape index (κ1) is 18.1. The number of amides is 1. The van der Waals surface area contributed by atoms with Crippen molar-refractivity contribution in [3.8, 4) is 5.75 Å². The number of rotatable bonds is 3. The van der Waals surface area contributed by atoms with E-state index >= 15 is 0 Å². The lowest BCUT2D eigenvalue weighted by Gasteiger charge is -2.28. The minimum absolute atomic E-state index is 0.185. The molecule has 2 N–H and O–H groups in total. The molecule has 1 aliphatic heterocycles. The van der Waals surface area contributed by atoms with Gasteiger partial charge in [0.1, 0.15) is 12.4 Å². The predicted octanol–water partition coefficient (Wildman–Crippen LogP) is 4.14. The number of carbonyl (C=O) groups is 1. The minimum atomic E-state index is -0.614. The molecule has 0 saturated heterocycles. The van der Waals surface area contributed by atoms with Gasteiger partial charge < -0.3 is 15.4 Å². The van der Waals surface area contributed by atoms with Crippen LogP contribution in [0.1, 0.15) is 35.3 Å². The number of halogens is 2. The number of hydrogen-bond acceptors (Lipinski definition) is 3. The van der Waals surface area contributed by atoms with Gasteiger partial charge in [-0.3, -0.25) is 4.79 Å². The van der Waals surface area contributed by atoms with E-state index in [1.54, 1.807) is 18.2 Å². The molecular weight excluding hydrogens is 359 g/mol. The fourth-order valence-corrected chi connectivity index (χ4v) is 3.13. The molecule has 0 aliphatic carbocycles. The average molecular weight is 379 g/mol. The zero-order valence-electron chi connectivity index (χ0n) is 14.2. The monoisotopic (exact) mass is 378 g/mol. The van der Waals surface area contributed by atoms with Gasteiger partial charge in [-0.25, -0.2) is 0 Å². The van der Waals surface area contributed by atoms with Gasteiger partial charge in [0.25, 0.3) is 5.91 Å². The third kappa shape index (κ3) is 3.92. The molecular formula is C19H20Cl2N2O2. The average Bonchev–Trinajstić information content (AvgIpc) is 2.82. The summed E-state index contributed by atoms with van der Waals surface area (Å²) in [7, 11) is 0. The molecule has 0 atom stereocenters. The molecule has 0 bridgehead atoms. The van der Waals surface area contributed by atoms with Crippen molar-refractivity contribution >= 4 is 29.1 Å². The lowest BCUT2D eigenvalue weighted by Crippen LogP contribution is -2.41. The summed E-state index contributed by atoms with van der Waals surface area (Å²) in [5.41, 5.74) is 1.78. The van der Waals surface area contributed by atoms with Crippen LogP contribution in [0.25, 0.3) is 0 Å². The summed E-state index contributed by atoms with van der Waals surface area (Å²) in [6, 6.07) is 11.0. The molecule has 0 spiro atoms. The lowest BCUT2D eigenvalue weighted by molar-refractivity contribution is 0.0908. The molecule has 2 aromatic carbocycles. The number of para-hydroxylation sites is 1. The van der Waals surface area contributed by atoms with E-state index < -0.39 is 5.54 Å². The van der Waals surface area contributed by atoms with Crippen LogP contribution >= 0.6 is 23.2 Å². The Balaban J connectivity index is 1.88. The normalized spacial score (nSPS) is 14.2. The zero-order chi connectivity index (χ0) is 18.0. The first-order valence-corrected chi connectivity index (χ1v) is 8.87. The first-order valence-electron chi connectivity index (χ1n) is 8.12. The van der Waals surface area contributed by atoms with Crippen LogP contribution in [-0.4, -0.2) is 19.1 Å². The van der Waals surface area contributed by atoms with Crippen molar-refractivity contribution in [1.29, 1.82) is 0 Å². The highest BCUT2D eigenvalue weighted by molar-refractivity contribution is 6.42. The van der Waals surface area contributed by atoms with Crippen LogP contribution in [0.5, 0.6) is 5.75 Å². The highest BCUT2D eigenvalue weighted by Gasteiger charge is 2.26. The topological polar surface area (TPSA) is 50.4 Å². The van der Waals surface area contributed by atoms with Gasteiger partial charge in [0.2, 0.25) is 0 Å². The quantitative estimate of drug-likeness (QED) is 0.843. The van der Waals surface area contributed by atoms with Crippen molar-refractivity contribution in [3.05, 3.63) is 63.1 Å². The van der Waals surface area contributed by atoms with E-state index in [9.17, 15) is 4.79 Å². The van der Waals surface area contributed by atoms with Gasteiger partial charge in [-0.15, -0.1) is 0 Å². The molecule has 0 saturated carbocycles. The van der Waals surface area contributed by atoms with Gasteiger partial charge in [-0.1, -0.05) is 41.4 Å². The summed E-state index contributed by atoms with van der Waals surface area (Å²) in [4.78, 5) is 12.9. The Morgan fingerprint density at radius 1 is 1.20 bits per heavy atom. The van der Waals surface area contributed by atoms with Crippen LogP contribution in [-0.2, 0) is 12.1 Å². The number of benzene rings is 2. The number of hydrogen-bond donors (Lipinski definition) is 2. The molecule has 1 heterocycles. The van der Waals surface area contributed by atoms with E-state index in [0.29, 0.717) is 34.5 Å². The second kappa shape index (κ2) is 7.24. The second-order valence-corrected chi connectivity index (χ2v) is 7.34. The Morgan fingerprint density at radius 3 is 2.76 bits per heavy atom. The van der Waals surface area contributed by atoms with Crippen molar-refractivity contribution < 1.29 is 9.53 Å². The number of carbonyl (C=O) groups excluding carboxylic acids is 1. The van der Waals surface area contributed by atoms with Crippen molar-refractivity contribution in [2.24, 2.45) is 0 Å². The van der Waals surface area contributed by atoms with Gasteiger partial charge in [0, 0.05) is 18.7 Å². The molecule has 0 fully saturated rings. The van der Waals surface area contributed by atoms with Crippen molar-refractivity contribution in [3.63, 3.8) is 0 Å². The number of fused-ring (bicyclic) bond motifs is 1. The Bertz CT molecular complexity index is 806. The van der Waals surface area contributed by atoms with Crippen LogP contribution in [0, 0.1) is 0 Å². The maximum absolute atomic E-state index is 12.9. The Kier molecular flexibility index (Phi) is 5.23. The molecule has 0 aromatic heterocycles. The van der Waals surface area contributed by atoms with Gasteiger partial charge >= 0.3 is 0 Å². The van der Waals surface area contributed by atoms with Crippen LogP contribution in [0.4, 0.5) is 0 Å². The van der Waals surface area contributed by atoms with Crippen molar-refractivity contribution in [2.45, 2.75) is 25.9 Å². The zero-order valence-corrected chi connectivity index (χ0v) is 15.7. The maximum Gasteiger partial charge on any atom is 0.255 e. The third-order valence-electron chi connectivity index (χ3n) is 4.25. The standard InChI is InChI=1S/C19H20Cl2N2O2/c1-19(2,13-6-7-15(20)16(21)10-13)23-18(24)14-5-3-4-12-11-22-8-9-25-17(12)14/h3-7,10,22H,8-9,11H2,1-2H3,(H,23,24). The molecule has 3 rings (SSSR count). The summed E-state index contributed by atoms with van der Waals surface area (Å²) in [6.07, 6.45) is 0. The van der Waals surface area contributed by atoms with Crippen LogP contribution in [0.15, 0.2) is 36.4 Å². The predicted molar refractivity (Wildman–Crippen MR) is 101 cm³/mol. The summed E-state index contributed by atoms with van der Waals surface area (Å²) < 4.78 is 5.79. The minimum Gasteiger partial charge on any atom is -0.491 e. The molecule has 6 heteroatoms. The molecule has 1 amide bonds. The molecule has 0 radical (unpaired) electrons. The number of ether oxygens (including phenoxy) is 1. The largest absolute Gasteiger partial charge is 0.491 e. The first-order chi connectivity index (χ1) is 11.9. The summed E-state index contributed by atoms with van der Waals surface area (Å²) in [6.45, 7) is 5.83. The van der Waals surface area contributed by atoms with Crippen LogP contribution in [0.2, 0.25) is 10.0 Å². The van der Waals surface area contributed by atoms with Gasteiger partial charge in [-0.05, 0) is 37.6 Å². The molecule has 0 unspecified atom stereocenters. The van der Waals surface area contributed by atoms with Crippen molar-refractivity contribution in [1.82, 2.24) is 10.6 Å². The smallest absolute Gasteiger partial charge is 0.255 e. The van der Waals surface area contributed by atoms with Gasteiger partial charge in [0.15, 0.2) is 0 Å². The summed E-state index contributed by atoms with van der Waals surface area (Å²) >= 11 is 12.1. The maximum atomic E-state index is 12.9. The van der Waals surface area contributed by atoms with Crippen molar-refractivity contribution in [2.75, 3.05) is 13.2 Å². The summed E-state index contributed by atoms with van der Waals surface area (Å²) in [5, 5.41) is 7.29. The fraction of sp³-hybridized carbons (Fsp3) is 0.316. The molecule has 25 heavy (non-hydrogen) atoms. The lowest BCUT2D eigenvalue weighted by atomic mass is 9.93. The fourth-order valence-electron chi connectivity index (χ4n) is 2.83. The van der Waals surface area contributed by atoms with Gasteiger partial charge in [-0.2, -0.15) is 0 Å². The summed E-state index contributed by atoms with van der Waals surface area (Å²) in [5.74, 6) is 0.463. The Hall–Kier alpha value is -1.75. The van der Waals surface area contributed by atoms with E-state index in [1.165, 1.54) is 0 Å². The Labute approximate surface area is 157 Å². The van der Waals surface area contributed by atoms with E-state index in [2.05, 4.69) is 10.6 Å². The van der Waals surface area contributed by atoms with E-state index in [-0.39, 0.29) is 5.91 Å². The molecule has 4 nitrogen and oxygen atoms in total. The third-order valence-corrected chi connectivity index (χ3v) is 4.99. The van der Waals surface area contributed by atoms with Gasteiger partial charge in [0.05, 0.1) is 21.1 Å². The second-order valence-electron chi connectivity index (χ2n) is 6.53. The van der Waals surface area contributed by atoms with Crippen LogP contribution < -0.4 is 15.4 Å². The highest BCUT2D eigenvalue weighted by atomic mass is 35.5. The number of nitrogens with one attached hydrogen (secondary N) is 2. The van der Waals surface area contributed by atoms with E-state index in [0.717, 1.165) is 17.7 Å². The highest BCUT2D eigenvalue weighted by Crippen LogP contribution is 2.30. The van der Waals surface area contributed by atoms with E-state index in [1.807, 2.05) is 32.0 Å². The molecule has 2 aromatic rings. The molecule has 132 valence electrons. The Morgan fingerprint density at radius 2 is 2.00 bits per heavy atom. The van der Waals surface area contributed by atoms with E-state index in [4.69, 9.17) is 27.9 Å². The molecule has 1 aliphatic rings. The van der Waals surface area contributed by atoms with Crippen LogP contribution in [0.3, 0.4) is 0 Å².